The van der Waals surface area contributed by atoms with Gasteiger partial charge >= 0.3 is 11.9 Å². The van der Waals surface area contributed by atoms with Crippen molar-refractivity contribution in [2.24, 2.45) is 5.41 Å². The molecule has 0 radical (unpaired) electrons. The number of hydrogen-bond acceptors (Lipinski definition) is 5. The summed E-state index contributed by atoms with van der Waals surface area (Å²) in [5.74, 6) is -2.00. The smallest absolute Gasteiger partial charge is 0.340 e. The van der Waals surface area contributed by atoms with Crippen LogP contribution in [0.2, 0.25) is 0 Å². The molecule has 0 bridgehead atoms. The topological polar surface area (TPSA) is 81.7 Å². The van der Waals surface area contributed by atoms with Crippen molar-refractivity contribution in [1.29, 1.82) is 0 Å². The lowest BCUT2D eigenvalue weighted by molar-refractivity contribution is -0.159. The van der Waals surface area contributed by atoms with Crippen LogP contribution in [0.5, 0.6) is 0 Å². The molecule has 6 nitrogen and oxygen atoms in total. The Kier molecular flexibility index (Phi) is 7.11. The normalized spacial score (nSPS) is 11.1. The van der Waals surface area contributed by atoms with Gasteiger partial charge in [-0.05, 0) is 19.3 Å². The van der Waals surface area contributed by atoms with Crippen LogP contribution in [0.1, 0.15) is 41.0 Å². The zero-order valence-corrected chi connectivity index (χ0v) is 12.2. The molecule has 6 heteroatoms. The number of ether oxygens (including phenoxy) is 2. The molecular weight excluding hydrogens is 250 g/mol. The maximum absolute atomic E-state index is 11.8. The largest absolute Gasteiger partial charge is 0.464 e. The molecule has 0 heterocycles. The van der Waals surface area contributed by atoms with E-state index in [2.05, 4.69) is 5.32 Å². The standard InChI is InChI=1S/C13H23NO5/c1-6-18-11(16)10(12(17)19-7-2)14-9(15)8-13(3,4)5/h10H,6-8H2,1-5H3,(H,14,15). The Labute approximate surface area is 113 Å². The van der Waals surface area contributed by atoms with Crippen molar-refractivity contribution >= 4 is 17.8 Å². The fourth-order valence-electron chi connectivity index (χ4n) is 1.36. The van der Waals surface area contributed by atoms with Gasteiger partial charge in [0.05, 0.1) is 13.2 Å². The summed E-state index contributed by atoms with van der Waals surface area (Å²) in [7, 11) is 0. The summed E-state index contributed by atoms with van der Waals surface area (Å²) in [5.41, 5.74) is -0.238. The third-order valence-electron chi connectivity index (χ3n) is 2.04. The molecule has 0 aromatic rings. The molecule has 19 heavy (non-hydrogen) atoms. The van der Waals surface area contributed by atoms with Crippen LogP contribution in [-0.4, -0.2) is 37.1 Å². The van der Waals surface area contributed by atoms with Crippen LogP contribution in [0.25, 0.3) is 0 Å². The predicted molar refractivity (Wildman–Crippen MR) is 69.3 cm³/mol. The third kappa shape index (κ3) is 7.43. The average Bonchev–Trinajstić information content (AvgIpc) is 2.24. The van der Waals surface area contributed by atoms with Crippen molar-refractivity contribution in [1.82, 2.24) is 5.32 Å². The minimum Gasteiger partial charge on any atom is -0.464 e. The molecule has 0 rings (SSSR count). The van der Waals surface area contributed by atoms with Crippen molar-refractivity contribution in [3.8, 4) is 0 Å². The fraction of sp³-hybridized carbons (Fsp3) is 0.769. The number of esters is 2. The highest BCUT2D eigenvalue weighted by Crippen LogP contribution is 2.18. The molecule has 0 aliphatic heterocycles. The third-order valence-corrected chi connectivity index (χ3v) is 2.04. The summed E-state index contributed by atoms with van der Waals surface area (Å²) in [4.78, 5) is 35.0. The van der Waals surface area contributed by atoms with Gasteiger partial charge in [-0.3, -0.25) is 4.79 Å². The van der Waals surface area contributed by atoms with Crippen LogP contribution in [0.4, 0.5) is 0 Å². The summed E-state index contributed by atoms with van der Waals surface area (Å²) < 4.78 is 9.50. The van der Waals surface area contributed by atoms with E-state index in [1.807, 2.05) is 20.8 Å². The van der Waals surface area contributed by atoms with E-state index in [9.17, 15) is 14.4 Å². The van der Waals surface area contributed by atoms with Gasteiger partial charge in [-0.2, -0.15) is 0 Å². The van der Waals surface area contributed by atoms with E-state index in [4.69, 9.17) is 9.47 Å². The predicted octanol–water partition coefficient (Wildman–Crippen LogP) is 1.03. The summed E-state index contributed by atoms with van der Waals surface area (Å²) >= 11 is 0. The van der Waals surface area contributed by atoms with Crippen LogP contribution >= 0.6 is 0 Å². The van der Waals surface area contributed by atoms with Gasteiger partial charge in [0.15, 0.2) is 0 Å². The summed E-state index contributed by atoms with van der Waals surface area (Å²) in [6.07, 6.45) is 0.197. The molecule has 0 unspecified atom stereocenters. The van der Waals surface area contributed by atoms with Gasteiger partial charge in [0.25, 0.3) is 0 Å². The number of carbonyl (C=O) groups excluding carboxylic acids is 3. The number of nitrogens with one attached hydrogen (secondary N) is 1. The SMILES string of the molecule is CCOC(=O)C(NC(=O)CC(C)(C)C)C(=O)OCC. The first-order chi connectivity index (χ1) is 8.71. The van der Waals surface area contributed by atoms with Crippen LogP contribution in [0.15, 0.2) is 0 Å². The van der Waals surface area contributed by atoms with Gasteiger partial charge in [0.1, 0.15) is 0 Å². The van der Waals surface area contributed by atoms with Gasteiger partial charge in [-0.1, -0.05) is 20.8 Å². The molecular formula is C13H23NO5. The maximum Gasteiger partial charge on any atom is 0.340 e. The van der Waals surface area contributed by atoms with Crippen LogP contribution in [-0.2, 0) is 23.9 Å². The minimum atomic E-state index is -1.39. The summed E-state index contributed by atoms with van der Waals surface area (Å²) in [6, 6.07) is -1.39. The molecule has 0 aromatic heterocycles. The molecule has 0 aliphatic rings. The van der Waals surface area contributed by atoms with Crippen molar-refractivity contribution in [3.63, 3.8) is 0 Å². The van der Waals surface area contributed by atoms with Gasteiger partial charge in [-0.25, -0.2) is 9.59 Å². The van der Waals surface area contributed by atoms with Crippen molar-refractivity contribution in [2.45, 2.75) is 47.1 Å². The number of rotatable bonds is 6. The zero-order valence-electron chi connectivity index (χ0n) is 12.2. The highest BCUT2D eigenvalue weighted by atomic mass is 16.6. The van der Waals surface area contributed by atoms with E-state index in [1.165, 1.54) is 0 Å². The molecule has 1 amide bonds. The Hall–Kier alpha value is -1.59. The van der Waals surface area contributed by atoms with E-state index >= 15 is 0 Å². The molecule has 110 valence electrons. The Morgan fingerprint density at radius 2 is 1.42 bits per heavy atom. The van der Waals surface area contributed by atoms with Gasteiger partial charge < -0.3 is 14.8 Å². The lowest BCUT2D eigenvalue weighted by Crippen LogP contribution is -2.48. The number of hydrogen-bond donors (Lipinski definition) is 1. The fourth-order valence-corrected chi connectivity index (χ4v) is 1.36. The van der Waals surface area contributed by atoms with E-state index in [1.54, 1.807) is 13.8 Å². The first-order valence-corrected chi connectivity index (χ1v) is 6.34. The van der Waals surface area contributed by atoms with E-state index < -0.39 is 23.9 Å². The van der Waals surface area contributed by atoms with Gasteiger partial charge in [-0.15, -0.1) is 0 Å². The van der Waals surface area contributed by atoms with Crippen molar-refractivity contribution in [3.05, 3.63) is 0 Å². The molecule has 0 saturated heterocycles. The summed E-state index contributed by atoms with van der Waals surface area (Å²) in [5, 5.41) is 2.35. The first kappa shape index (κ1) is 17.4. The first-order valence-electron chi connectivity index (χ1n) is 6.34. The van der Waals surface area contributed by atoms with Gasteiger partial charge in [0, 0.05) is 6.42 Å². The highest BCUT2D eigenvalue weighted by molar-refractivity contribution is 6.02. The Morgan fingerprint density at radius 1 is 1.00 bits per heavy atom. The van der Waals surface area contributed by atoms with E-state index in [0.717, 1.165) is 0 Å². The average molecular weight is 273 g/mol. The maximum atomic E-state index is 11.8. The molecule has 0 atom stereocenters. The second-order valence-electron chi connectivity index (χ2n) is 5.24. The monoisotopic (exact) mass is 273 g/mol. The highest BCUT2D eigenvalue weighted by Gasteiger charge is 2.32. The second kappa shape index (κ2) is 7.76. The molecule has 1 N–H and O–H groups in total. The molecule has 0 fully saturated rings. The van der Waals surface area contributed by atoms with Gasteiger partial charge in [0.2, 0.25) is 11.9 Å². The Morgan fingerprint density at radius 3 is 1.74 bits per heavy atom. The van der Waals surface area contributed by atoms with Crippen molar-refractivity contribution in [2.75, 3.05) is 13.2 Å². The van der Waals surface area contributed by atoms with Crippen LogP contribution in [0.3, 0.4) is 0 Å². The summed E-state index contributed by atoms with van der Waals surface area (Å²) in [6.45, 7) is 9.16. The minimum absolute atomic E-state index is 0.129. The Bertz CT molecular complexity index is 314. The Balaban J connectivity index is 4.71. The molecule has 0 aromatic carbocycles. The zero-order chi connectivity index (χ0) is 15.1. The van der Waals surface area contributed by atoms with Crippen LogP contribution in [0, 0.1) is 5.41 Å². The number of amides is 1. The molecule has 0 aliphatic carbocycles. The van der Waals surface area contributed by atoms with E-state index in [-0.39, 0.29) is 25.0 Å². The molecule has 0 saturated carbocycles. The van der Waals surface area contributed by atoms with Crippen LogP contribution < -0.4 is 5.32 Å². The quantitative estimate of drug-likeness (QED) is 0.577. The lowest BCUT2D eigenvalue weighted by Gasteiger charge is -2.20. The number of carbonyl (C=O) groups is 3. The lowest BCUT2D eigenvalue weighted by atomic mass is 9.92. The second-order valence-corrected chi connectivity index (χ2v) is 5.24. The van der Waals surface area contributed by atoms with E-state index in [0.29, 0.717) is 0 Å². The molecule has 0 spiro atoms. The van der Waals surface area contributed by atoms with Crippen molar-refractivity contribution < 1.29 is 23.9 Å².